The standard InChI is InChI=1S/C14H20N2O3S2/c1-9(21(4)17)5-6-16-11-8-13(19-3)12(18-2)7-10(11)15-14(16)20/h7-9H,5-6H2,1-4H3,(H,15,20). The number of benzene rings is 1. The second kappa shape index (κ2) is 6.62. The number of aromatic amines is 1. The van der Waals surface area contributed by atoms with Crippen LogP contribution in [-0.4, -0.2) is 39.5 Å². The van der Waals surface area contributed by atoms with Gasteiger partial charge in [0.2, 0.25) is 0 Å². The molecular weight excluding hydrogens is 308 g/mol. The van der Waals surface area contributed by atoms with E-state index in [-0.39, 0.29) is 5.25 Å². The molecule has 0 aliphatic carbocycles. The third kappa shape index (κ3) is 3.29. The third-order valence-electron chi connectivity index (χ3n) is 3.61. The lowest BCUT2D eigenvalue weighted by Gasteiger charge is -2.11. The van der Waals surface area contributed by atoms with Crippen LogP contribution in [0.25, 0.3) is 11.0 Å². The highest BCUT2D eigenvalue weighted by Crippen LogP contribution is 2.32. The van der Waals surface area contributed by atoms with Crippen molar-refractivity contribution in [3.8, 4) is 11.5 Å². The number of hydrogen-bond donors (Lipinski definition) is 1. The molecule has 0 spiro atoms. The molecule has 116 valence electrons. The molecule has 2 aromatic rings. The second-order valence-electron chi connectivity index (χ2n) is 4.90. The number of rotatable bonds is 6. The Morgan fingerprint density at radius 2 is 1.95 bits per heavy atom. The number of methoxy groups -OCH3 is 2. The topological polar surface area (TPSA) is 56.2 Å². The number of imidazole rings is 1. The van der Waals surface area contributed by atoms with Gasteiger partial charge in [-0.3, -0.25) is 4.21 Å². The lowest BCUT2D eigenvalue weighted by Crippen LogP contribution is -2.12. The maximum Gasteiger partial charge on any atom is 0.178 e. The maximum atomic E-state index is 11.5. The van der Waals surface area contributed by atoms with Crippen LogP contribution in [0.4, 0.5) is 0 Å². The van der Waals surface area contributed by atoms with Crippen molar-refractivity contribution in [2.24, 2.45) is 0 Å². The van der Waals surface area contributed by atoms with E-state index >= 15 is 0 Å². The van der Waals surface area contributed by atoms with Gasteiger partial charge in [0.1, 0.15) is 0 Å². The molecule has 0 fully saturated rings. The summed E-state index contributed by atoms with van der Waals surface area (Å²) in [6.45, 7) is 2.70. The van der Waals surface area contributed by atoms with Crippen molar-refractivity contribution in [2.75, 3.05) is 20.5 Å². The summed E-state index contributed by atoms with van der Waals surface area (Å²) >= 11 is 5.38. The van der Waals surface area contributed by atoms with Gasteiger partial charge in [0.15, 0.2) is 16.3 Å². The van der Waals surface area contributed by atoms with Gasteiger partial charge in [0.25, 0.3) is 0 Å². The van der Waals surface area contributed by atoms with E-state index in [1.807, 2.05) is 23.6 Å². The smallest absolute Gasteiger partial charge is 0.178 e. The highest BCUT2D eigenvalue weighted by molar-refractivity contribution is 7.84. The molecule has 0 aliphatic heterocycles. The quantitative estimate of drug-likeness (QED) is 0.829. The van der Waals surface area contributed by atoms with Crippen molar-refractivity contribution in [2.45, 2.75) is 25.1 Å². The molecule has 5 nitrogen and oxygen atoms in total. The second-order valence-corrected chi connectivity index (χ2v) is 7.09. The monoisotopic (exact) mass is 328 g/mol. The van der Waals surface area contributed by atoms with Crippen molar-refractivity contribution in [1.29, 1.82) is 0 Å². The zero-order valence-electron chi connectivity index (χ0n) is 12.6. The van der Waals surface area contributed by atoms with Crippen LogP contribution in [0.3, 0.4) is 0 Å². The minimum absolute atomic E-state index is 0.136. The minimum Gasteiger partial charge on any atom is -0.493 e. The van der Waals surface area contributed by atoms with Crippen LogP contribution in [0.1, 0.15) is 13.3 Å². The summed E-state index contributed by atoms with van der Waals surface area (Å²) in [6, 6.07) is 3.79. The molecule has 2 atom stereocenters. The molecule has 1 heterocycles. The highest BCUT2D eigenvalue weighted by Gasteiger charge is 2.13. The highest BCUT2D eigenvalue weighted by atomic mass is 32.2. The van der Waals surface area contributed by atoms with Gasteiger partial charge in [-0.25, -0.2) is 0 Å². The number of aryl methyl sites for hydroxylation is 1. The lowest BCUT2D eigenvalue weighted by atomic mass is 10.2. The summed E-state index contributed by atoms with van der Waals surface area (Å²) in [5, 5.41) is 0.136. The fourth-order valence-corrected chi connectivity index (χ4v) is 2.92. The number of H-pyrrole nitrogens is 1. The molecule has 0 saturated heterocycles. The molecule has 21 heavy (non-hydrogen) atoms. The number of nitrogens with zero attached hydrogens (tertiary/aromatic N) is 1. The molecule has 0 aliphatic rings. The molecule has 7 heteroatoms. The Labute approximate surface area is 131 Å². The van der Waals surface area contributed by atoms with E-state index in [4.69, 9.17) is 21.7 Å². The van der Waals surface area contributed by atoms with Crippen molar-refractivity contribution in [1.82, 2.24) is 9.55 Å². The van der Waals surface area contributed by atoms with E-state index < -0.39 is 10.8 Å². The number of aromatic nitrogens is 2. The molecule has 1 N–H and O–H groups in total. The predicted octanol–water partition coefficient (Wildman–Crippen LogP) is 2.87. The summed E-state index contributed by atoms with van der Waals surface area (Å²) in [7, 11) is 2.39. The van der Waals surface area contributed by atoms with Crippen LogP contribution in [0.15, 0.2) is 12.1 Å². The van der Waals surface area contributed by atoms with Gasteiger partial charge in [0, 0.05) is 41.0 Å². The van der Waals surface area contributed by atoms with Gasteiger partial charge in [-0.05, 0) is 18.6 Å². The maximum absolute atomic E-state index is 11.5. The summed E-state index contributed by atoms with van der Waals surface area (Å²) in [5.41, 5.74) is 1.87. The molecular formula is C14H20N2O3S2. The normalized spacial score (nSPS) is 14.1. The molecule has 0 saturated carbocycles. The Morgan fingerprint density at radius 3 is 2.52 bits per heavy atom. The number of nitrogens with one attached hydrogen (secondary N) is 1. The van der Waals surface area contributed by atoms with Crippen molar-refractivity contribution in [3.05, 3.63) is 16.9 Å². The van der Waals surface area contributed by atoms with E-state index in [0.29, 0.717) is 16.3 Å². The first-order valence-electron chi connectivity index (χ1n) is 6.64. The van der Waals surface area contributed by atoms with Crippen LogP contribution < -0.4 is 9.47 Å². The SMILES string of the molecule is COc1cc2[nH]c(=S)n(CCC(C)S(C)=O)c2cc1OC. The van der Waals surface area contributed by atoms with E-state index in [2.05, 4.69) is 4.98 Å². The van der Waals surface area contributed by atoms with Gasteiger partial charge in [-0.1, -0.05) is 6.92 Å². The molecule has 2 rings (SSSR count). The van der Waals surface area contributed by atoms with Crippen molar-refractivity contribution < 1.29 is 13.7 Å². The Morgan fingerprint density at radius 1 is 1.33 bits per heavy atom. The average molecular weight is 328 g/mol. The number of fused-ring (bicyclic) bond motifs is 1. The first-order valence-corrected chi connectivity index (χ1v) is 8.67. The summed E-state index contributed by atoms with van der Waals surface area (Å²) in [5.74, 6) is 1.33. The first-order chi connectivity index (χ1) is 9.97. The Bertz CT molecular complexity index is 721. The molecule has 0 amide bonds. The summed E-state index contributed by atoms with van der Waals surface area (Å²) in [6.07, 6.45) is 2.53. The van der Waals surface area contributed by atoms with Crippen LogP contribution in [0, 0.1) is 4.77 Å². The summed E-state index contributed by atoms with van der Waals surface area (Å²) in [4.78, 5) is 3.17. The van der Waals surface area contributed by atoms with E-state index in [1.165, 1.54) is 0 Å². The average Bonchev–Trinajstić information content (AvgIpc) is 2.77. The fourth-order valence-electron chi connectivity index (χ4n) is 2.18. The van der Waals surface area contributed by atoms with Gasteiger partial charge in [-0.15, -0.1) is 0 Å². The third-order valence-corrected chi connectivity index (χ3v) is 5.30. The van der Waals surface area contributed by atoms with Crippen molar-refractivity contribution >= 4 is 34.1 Å². The largest absolute Gasteiger partial charge is 0.493 e. The lowest BCUT2D eigenvalue weighted by molar-refractivity contribution is 0.355. The molecule has 0 radical (unpaired) electrons. The molecule has 2 unspecified atom stereocenters. The fraction of sp³-hybridized carbons (Fsp3) is 0.500. The van der Waals surface area contributed by atoms with Gasteiger partial charge < -0.3 is 19.0 Å². The zero-order chi connectivity index (χ0) is 15.6. The van der Waals surface area contributed by atoms with Crippen LogP contribution in [0.2, 0.25) is 0 Å². The van der Waals surface area contributed by atoms with Gasteiger partial charge in [-0.2, -0.15) is 0 Å². The Balaban J connectivity index is 2.42. The minimum atomic E-state index is -0.825. The zero-order valence-corrected chi connectivity index (χ0v) is 14.3. The van der Waals surface area contributed by atoms with Crippen LogP contribution in [-0.2, 0) is 17.3 Å². The predicted molar refractivity (Wildman–Crippen MR) is 88.4 cm³/mol. The molecule has 0 bridgehead atoms. The Hall–Kier alpha value is -1.34. The first kappa shape index (κ1) is 16.0. The molecule has 1 aromatic carbocycles. The number of ether oxygens (including phenoxy) is 2. The Kier molecular flexibility index (Phi) is 5.05. The van der Waals surface area contributed by atoms with E-state index in [0.717, 1.165) is 24.0 Å². The van der Waals surface area contributed by atoms with Crippen LogP contribution in [0.5, 0.6) is 11.5 Å². The van der Waals surface area contributed by atoms with Gasteiger partial charge >= 0.3 is 0 Å². The van der Waals surface area contributed by atoms with E-state index in [1.54, 1.807) is 20.5 Å². The van der Waals surface area contributed by atoms with Gasteiger partial charge in [0.05, 0.1) is 25.3 Å². The van der Waals surface area contributed by atoms with Crippen molar-refractivity contribution in [3.63, 3.8) is 0 Å². The molecule has 1 aromatic heterocycles. The van der Waals surface area contributed by atoms with Crippen LogP contribution >= 0.6 is 12.2 Å². The number of hydrogen-bond acceptors (Lipinski definition) is 4. The summed E-state index contributed by atoms with van der Waals surface area (Å²) < 4.78 is 24.8. The van der Waals surface area contributed by atoms with E-state index in [9.17, 15) is 4.21 Å².